The van der Waals surface area contributed by atoms with Gasteiger partial charge in [-0.15, -0.1) is 0 Å². The molecule has 8 heteroatoms. The summed E-state index contributed by atoms with van der Waals surface area (Å²) >= 11 is 0. The second-order valence-corrected chi connectivity index (χ2v) is 6.47. The molecule has 1 aliphatic heterocycles. The van der Waals surface area contributed by atoms with Gasteiger partial charge in [-0.1, -0.05) is 12.1 Å². The summed E-state index contributed by atoms with van der Waals surface area (Å²) in [6.07, 6.45) is 0. The molecular formula is C21H18N4O4. The largest absolute Gasteiger partial charge is 0.454 e. The van der Waals surface area contributed by atoms with Crippen LogP contribution in [-0.4, -0.2) is 28.5 Å². The third-order valence-electron chi connectivity index (χ3n) is 4.24. The normalized spacial score (nSPS) is 11.8. The Balaban J connectivity index is 1.54. The lowest BCUT2D eigenvalue weighted by atomic mass is 10.1. The lowest BCUT2D eigenvalue weighted by molar-refractivity contribution is 0.100. The second-order valence-electron chi connectivity index (χ2n) is 6.47. The van der Waals surface area contributed by atoms with Crippen LogP contribution in [0.5, 0.6) is 11.5 Å². The minimum atomic E-state index is -0.398. The van der Waals surface area contributed by atoms with E-state index in [0.29, 0.717) is 34.4 Å². The molecule has 0 saturated carbocycles. The highest BCUT2D eigenvalue weighted by Crippen LogP contribution is 2.35. The first-order chi connectivity index (χ1) is 14.0. The van der Waals surface area contributed by atoms with Crippen molar-refractivity contribution in [3.8, 4) is 11.5 Å². The molecule has 29 heavy (non-hydrogen) atoms. The van der Waals surface area contributed by atoms with Crippen molar-refractivity contribution in [3.63, 3.8) is 0 Å². The predicted molar refractivity (Wildman–Crippen MR) is 107 cm³/mol. The van der Waals surface area contributed by atoms with Crippen LogP contribution in [0.2, 0.25) is 0 Å². The maximum absolute atomic E-state index is 12.7. The molecule has 1 aliphatic rings. The van der Waals surface area contributed by atoms with Crippen molar-refractivity contribution >= 4 is 28.9 Å². The fourth-order valence-corrected chi connectivity index (χ4v) is 2.88. The van der Waals surface area contributed by atoms with Crippen molar-refractivity contribution < 1.29 is 19.1 Å². The van der Waals surface area contributed by atoms with E-state index in [2.05, 4.69) is 20.6 Å². The molecule has 0 bridgehead atoms. The number of nitrogens with one attached hydrogen (secondary N) is 2. The molecule has 0 fully saturated rings. The number of aromatic nitrogens is 2. The molecule has 0 aliphatic carbocycles. The molecule has 1 amide bonds. The molecule has 8 nitrogen and oxygen atoms in total. The van der Waals surface area contributed by atoms with Crippen LogP contribution < -0.4 is 20.1 Å². The summed E-state index contributed by atoms with van der Waals surface area (Å²) in [6.45, 7) is 3.38. The number of fused-ring (bicyclic) bond motifs is 1. The van der Waals surface area contributed by atoms with Crippen molar-refractivity contribution in [1.82, 2.24) is 9.97 Å². The lowest BCUT2D eigenvalue weighted by Crippen LogP contribution is -2.15. The number of benzene rings is 2. The van der Waals surface area contributed by atoms with Crippen molar-refractivity contribution in [2.24, 2.45) is 0 Å². The van der Waals surface area contributed by atoms with E-state index in [1.165, 1.54) is 6.92 Å². The smallest absolute Gasteiger partial charge is 0.274 e. The van der Waals surface area contributed by atoms with E-state index in [-0.39, 0.29) is 18.3 Å². The zero-order valence-electron chi connectivity index (χ0n) is 15.9. The average molecular weight is 390 g/mol. The molecule has 3 aromatic rings. The van der Waals surface area contributed by atoms with Crippen molar-refractivity contribution in [2.75, 3.05) is 17.4 Å². The molecule has 146 valence electrons. The quantitative estimate of drug-likeness (QED) is 0.640. The number of Topliss-reactive ketones (excluding diaryl/α,β-unsaturated/α-hetero) is 1. The first-order valence-corrected chi connectivity index (χ1v) is 8.93. The number of hydrogen-bond acceptors (Lipinski definition) is 7. The van der Waals surface area contributed by atoms with Gasteiger partial charge in [-0.25, -0.2) is 9.97 Å². The molecule has 0 atom stereocenters. The van der Waals surface area contributed by atoms with Crippen LogP contribution in [0.1, 0.15) is 33.6 Å². The fraction of sp³-hybridized carbons (Fsp3) is 0.143. The Morgan fingerprint density at radius 1 is 0.966 bits per heavy atom. The Hall–Kier alpha value is -3.94. The molecule has 0 saturated heterocycles. The Labute approximate surface area is 166 Å². The first-order valence-electron chi connectivity index (χ1n) is 8.93. The van der Waals surface area contributed by atoms with Crippen LogP contribution in [0, 0.1) is 6.92 Å². The Morgan fingerprint density at radius 3 is 2.62 bits per heavy atom. The van der Waals surface area contributed by atoms with Crippen molar-refractivity contribution in [2.45, 2.75) is 13.8 Å². The van der Waals surface area contributed by atoms with E-state index in [1.807, 2.05) is 6.07 Å². The topological polar surface area (TPSA) is 102 Å². The van der Waals surface area contributed by atoms with Gasteiger partial charge in [-0.2, -0.15) is 0 Å². The molecule has 1 aromatic heterocycles. The van der Waals surface area contributed by atoms with Gasteiger partial charge >= 0.3 is 0 Å². The van der Waals surface area contributed by atoms with Crippen LogP contribution in [-0.2, 0) is 0 Å². The van der Waals surface area contributed by atoms with Gasteiger partial charge < -0.3 is 20.1 Å². The van der Waals surface area contributed by atoms with Gasteiger partial charge in [0.1, 0.15) is 17.3 Å². The Kier molecular flexibility index (Phi) is 4.82. The van der Waals surface area contributed by atoms with Gasteiger partial charge in [0.2, 0.25) is 6.79 Å². The molecule has 2 aromatic carbocycles. The average Bonchev–Trinajstić information content (AvgIpc) is 3.15. The van der Waals surface area contributed by atoms with Crippen molar-refractivity contribution in [1.29, 1.82) is 0 Å². The van der Waals surface area contributed by atoms with Gasteiger partial charge in [-0.3, -0.25) is 9.59 Å². The number of ketones is 1. The summed E-state index contributed by atoms with van der Waals surface area (Å²) in [6, 6.07) is 13.7. The number of amides is 1. The molecule has 2 heterocycles. The van der Waals surface area contributed by atoms with Gasteiger partial charge in [0, 0.05) is 29.1 Å². The molecule has 0 spiro atoms. The maximum Gasteiger partial charge on any atom is 0.274 e. The summed E-state index contributed by atoms with van der Waals surface area (Å²) < 4.78 is 10.7. The molecule has 2 N–H and O–H groups in total. The first kappa shape index (κ1) is 18.4. The minimum Gasteiger partial charge on any atom is -0.454 e. The molecule has 4 rings (SSSR count). The van der Waals surface area contributed by atoms with Gasteiger partial charge in [0.25, 0.3) is 5.91 Å². The van der Waals surface area contributed by atoms with E-state index in [4.69, 9.17) is 9.47 Å². The van der Waals surface area contributed by atoms with Crippen LogP contribution in [0.3, 0.4) is 0 Å². The lowest BCUT2D eigenvalue weighted by Gasteiger charge is -2.10. The Bertz CT molecular complexity index is 1110. The standard InChI is InChI=1S/C21H18N4O4/c1-12(26)14-4-3-5-15(8-14)25-21(27)17-10-20(23-13(2)22-17)24-16-6-7-18-19(9-16)29-11-28-18/h3-10H,11H2,1-2H3,(H,25,27)(H,22,23,24). The summed E-state index contributed by atoms with van der Waals surface area (Å²) in [5.74, 6) is 1.77. The van der Waals surface area contributed by atoms with Crippen LogP contribution in [0.15, 0.2) is 48.5 Å². The van der Waals surface area contributed by atoms with E-state index in [0.717, 1.165) is 5.69 Å². The van der Waals surface area contributed by atoms with Crippen molar-refractivity contribution in [3.05, 3.63) is 65.6 Å². The maximum atomic E-state index is 12.7. The summed E-state index contributed by atoms with van der Waals surface area (Å²) in [4.78, 5) is 32.7. The van der Waals surface area contributed by atoms with E-state index < -0.39 is 5.91 Å². The second kappa shape index (κ2) is 7.59. The minimum absolute atomic E-state index is 0.0748. The van der Waals surface area contributed by atoms with E-state index in [9.17, 15) is 9.59 Å². The van der Waals surface area contributed by atoms with Crippen LogP contribution in [0.25, 0.3) is 0 Å². The Morgan fingerprint density at radius 2 is 1.79 bits per heavy atom. The van der Waals surface area contributed by atoms with Gasteiger partial charge in [0.05, 0.1) is 0 Å². The highest BCUT2D eigenvalue weighted by molar-refractivity contribution is 6.04. The SMILES string of the molecule is CC(=O)c1cccc(NC(=O)c2cc(Nc3ccc4c(c3)OCO4)nc(C)n2)c1. The number of rotatable bonds is 5. The number of carbonyl (C=O) groups is 2. The number of nitrogens with zero attached hydrogens (tertiary/aromatic N) is 2. The van der Waals surface area contributed by atoms with Crippen LogP contribution in [0.4, 0.5) is 17.2 Å². The van der Waals surface area contributed by atoms with E-state index in [1.54, 1.807) is 49.4 Å². The third-order valence-corrected chi connectivity index (χ3v) is 4.24. The fourth-order valence-electron chi connectivity index (χ4n) is 2.88. The zero-order chi connectivity index (χ0) is 20.4. The summed E-state index contributed by atoms with van der Waals surface area (Å²) in [5.41, 5.74) is 1.98. The number of carbonyl (C=O) groups excluding carboxylic acids is 2. The number of anilines is 3. The van der Waals surface area contributed by atoms with Gasteiger partial charge in [0.15, 0.2) is 17.3 Å². The third kappa shape index (κ3) is 4.16. The number of aryl methyl sites for hydroxylation is 1. The molecule has 0 radical (unpaired) electrons. The molecular weight excluding hydrogens is 372 g/mol. The van der Waals surface area contributed by atoms with E-state index >= 15 is 0 Å². The predicted octanol–water partition coefficient (Wildman–Crippen LogP) is 3.71. The summed E-state index contributed by atoms with van der Waals surface area (Å²) in [5, 5.41) is 5.91. The van der Waals surface area contributed by atoms with Gasteiger partial charge in [-0.05, 0) is 38.1 Å². The molecule has 0 unspecified atom stereocenters. The zero-order valence-corrected chi connectivity index (χ0v) is 15.9. The highest BCUT2D eigenvalue weighted by atomic mass is 16.7. The monoisotopic (exact) mass is 390 g/mol. The van der Waals surface area contributed by atoms with Crippen LogP contribution >= 0.6 is 0 Å². The number of hydrogen-bond donors (Lipinski definition) is 2. The summed E-state index contributed by atoms with van der Waals surface area (Å²) in [7, 11) is 0. The highest BCUT2D eigenvalue weighted by Gasteiger charge is 2.15. The number of ether oxygens (including phenoxy) is 2.